The van der Waals surface area contributed by atoms with E-state index >= 15 is 0 Å². The number of amides is 1. The smallest absolute Gasteiger partial charge is 0.220 e. The Hall–Kier alpha value is -2.51. The number of nitrogens with one attached hydrogen (secondary N) is 1. The molecule has 17 unspecified atom stereocenters. The average Bonchev–Trinajstić information content (AvgIpc) is 0.834. The van der Waals surface area contributed by atoms with Crippen molar-refractivity contribution >= 4 is 5.91 Å². The predicted octanol–water partition coefficient (Wildman–Crippen LogP) is 11.1. The largest absolute Gasteiger partial charge is 0.394 e. The highest BCUT2D eigenvalue weighted by Gasteiger charge is 2.53. The van der Waals surface area contributed by atoms with Crippen LogP contribution in [0.4, 0.5) is 0 Å². The van der Waals surface area contributed by atoms with E-state index < -0.39 is 124 Å². The van der Waals surface area contributed by atoms with Gasteiger partial charge in [-0.05, 0) is 57.8 Å². The first-order valence-electron chi connectivity index (χ1n) is 37.5. The van der Waals surface area contributed by atoms with Gasteiger partial charge in [0, 0.05) is 6.42 Å². The van der Waals surface area contributed by atoms with Crippen molar-refractivity contribution in [3.05, 3.63) is 60.8 Å². The molecule has 0 aromatic rings. The van der Waals surface area contributed by atoms with E-state index in [1.807, 2.05) is 0 Å². The van der Waals surface area contributed by atoms with E-state index in [0.29, 0.717) is 12.8 Å². The highest BCUT2D eigenvalue weighted by atomic mass is 16.8. The monoisotopic (exact) mass is 1340 g/mol. The number of carbonyl (C=O) groups excluding carboxylic acids is 1. The van der Waals surface area contributed by atoms with E-state index in [1.165, 1.54) is 167 Å². The molecular formula is C75H135NO18. The van der Waals surface area contributed by atoms with E-state index in [1.54, 1.807) is 0 Å². The molecule has 0 spiro atoms. The molecule has 3 saturated heterocycles. The Morgan fingerprint density at radius 1 is 0.394 bits per heavy atom. The molecule has 19 heteroatoms. The number of unbranched alkanes of at least 4 members (excludes halogenated alkanes) is 32. The third kappa shape index (κ3) is 37.1. The molecule has 3 aliphatic heterocycles. The number of aliphatic hydroxyl groups excluding tert-OH is 11. The second-order valence-corrected chi connectivity index (χ2v) is 26.7. The van der Waals surface area contributed by atoms with Crippen molar-refractivity contribution in [2.75, 3.05) is 26.4 Å². The third-order valence-electron chi connectivity index (χ3n) is 18.6. The summed E-state index contributed by atoms with van der Waals surface area (Å²) in [7, 11) is 0. The molecule has 3 aliphatic rings. The van der Waals surface area contributed by atoms with E-state index in [-0.39, 0.29) is 18.9 Å². The van der Waals surface area contributed by atoms with Crippen molar-refractivity contribution in [3.63, 3.8) is 0 Å². The summed E-state index contributed by atoms with van der Waals surface area (Å²) in [5.41, 5.74) is 0. The Bertz CT molecular complexity index is 1940. The molecule has 548 valence electrons. The Labute approximate surface area is 566 Å². The van der Waals surface area contributed by atoms with Gasteiger partial charge >= 0.3 is 0 Å². The van der Waals surface area contributed by atoms with E-state index in [2.05, 4.69) is 79.9 Å². The molecule has 0 aromatic carbocycles. The van der Waals surface area contributed by atoms with Crippen LogP contribution in [0.5, 0.6) is 0 Å². The molecule has 3 heterocycles. The highest BCUT2D eigenvalue weighted by molar-refractivity contribution is 5.76. The van der Waals surface area contributed by atoms with Crippen molar-refractivity contribution in [2.45, 2.75) is 381 Å². The summed E-state index contributed by atoms with van der Waals surface area (Å²) in [5, 5.41) is 120. The lowest BCUT2D eigenvalue weighted by Crippen LogP contribution is -2.66. The Balaban J connectivity index is 1.23. The van der Waals surface area contributed by atoms with Crippen LogP contribution in [-0.2, 0) is 33.2 Å². The number of hydrogen-bond acceptors (Lipinski definition) is 18. The highest BCUT2D eigenvalue weighted by Crippen LogP contribution is 2.33. The maximum atomic E-state index is 13.4. The second-order valence-electron chi connectivity index (χ2n) is 26.7. The first kappa shape index (κ1) is 85.7. The van der Waals surface area contributed by atoms with Crippen molar-refractivity contribution in [2.24, 2.45) is 0 Å². The number of ether oxygens (including phenoxy) is 6. The summed E-state index contributed by atoms with van der Waals surface area (Å²) < 4.78 is 34.3. The minimum Gasteiger partial charge on any atom is -0.394 e. The molecule has 0 aliphatic carbocycles. The summed E-state index contributed by atoms with van der Waals surface area (Å²) in [5.74, 6) is -0.243. The first-order valence-corrected chi connectivity index (χ1v) is 37.5. The second kappa shape index (κ2) is 56.3. The molecule has 0 saturated carbocycles. The summed E-state index contributed by atoms with van der Waals surface area (Å²) in [4.78, 5) is 13.4. The van der Waals surface area contributed by atoms with Crippen LogP contribution in [0.15, 0.2) is 60.8 Å². The van der Waals surface area contributed by atoms with E-state index in [0.717, 1.165) is 77.0 Å². The van der Waals surface area contributed by atoms with Gasteiger partial charge in [-0.1, -0.05) is 274 Å². The summed E-state index contributed by atoms with van der Waals surface area (Å²) in [6.45, 7) is 1.65. The van der Waals surface area contributed by atoms with Crippen molar-refractivity contribution in [1.82, 2.24) is 5.32 Å². The fourth-order valence-electron chi connectivity index (χ4n) is 12.6. The lowest BCUT2D eigenvalue weighted by molar-refractivity contribution is -0.379. The van der Waals surface area contributed by atoms with Crippen LogP contribution < -0.4 is 5.32 Å². The molecule has 3 fully saturated rings. The van der Waals surface area contributed by atoms with Gasteiger partial charge in [-0.25, -0.2) is 0 Å². The number of aliphatic hydroxyl groups is 11. The van der Waals surface area contributed by atoms with Gasteiger partial charge in [-0.3, -0.25) is 4.79 Å². The zero-order valence-electron chi connectivity index (χ0n) is 58.2. The van der Waals surface area contributed by atoms with Gasteiger partial charge in [0.05, 0.1) is 38.6 Å². The quantitative estimate of drug-likeness (QED) is 0.0199. The van der Waals surface area contributed by atoms with Crippen LogP contribution in [-0.4, -0.2) is 193 Å². The standard InChI is InChI=1S/C75H135NO18/c1-3-5-7-9-11-13-14-15-16-17-18-19-20-21-22-23-24-25-26-27-28-29-30-31-32-33-34-35-36-37-38-39-40-41-42-43-44-45-47-49-51-53-63(81)76-58(59(80)52-50-48-46-12-10-8-6-4-2)57-89-73-69(87)66(84)71(61(55-78)91-73)94-75-70(88)67(85)72(62(56-79)92-75)93-74-68(86)65(83)64(82)60(54-77)90-74/h5,7,11,13,15-16,18-19,21-22,58-62,64-75,77-80,82-88H,3-4,6,8-10,12,14,17,20,23-57H2,1-2H3,(H,76,81)/b7-5-,13-11-,16-15-,19-18-,22-21-. The molecule has 3 rings (SSSR count). The zero-order chi connectivity index (χ0) is 68.2. The number of allylic oxidation sites excluding steroid dienone is 10. The van der Waals surface area contributed by atoms with Crippen LogP contribution in [0.25, 0.3) is 0 Å². The molecule has 1 amide bonds. The molecule has 17 atom stereocenters. The van der Waals surface area contributed by atoms with Gasteiger partial charge in [0.1, 0.15) is 73.2 Å². The molecule has 0 radical (unpaired) electrons. The third-order valence-corrected chi connectivity index (χ3v) is 18.6. The molecular weight excluding hydrogens is 1200 g/mol. The lowest BCUT2D eigenvalue weighted by Gasteiger charge is -2.48. The molecule has 0 bridgehead atoms. The summed E-state index contributed by atoms with van der Waals surface area (Å²) in [6, 6.07) is -0.883. The fraction of sp³-hybridized carbons (Fsp3) is 0.853. The van der Waals surface area contributed by atoms with Gasteiger partial charge in [-0.15, -0.1) is 0 Å². The van der Waals surface area contributed by atoms with Crippen LogP contribution in [0.3, 0.4) is 0 Å². The predicted molar refractivity (Wildman–Crippen MR) is 369 cm³/mol. The van der Waals surface area contributed by atoms with Crippen LogP contribution in [0, 0.1) is 0 Å². The van der Waals surface area contributed by atoms with Crippen LogP contribution >= 0.6 is 0 Å². The lowest BCUT2D eigenvalue weighted by atomic mass is 9.96. The van der Waals surface area contributed by atoms with Crippen LogP contribution in [0.2, 0.25) is 0 Å². The summed E-state index contributed by atoms with van der Waals surface area (Å²) >= 11 is 0. The van der Waals surface area contributed by atoms with E-state index in [4.69, 9.17) is 28.4 Å². The average molecular weight is 1340 g/mol. The minimum atomic E-state index is -1.97. The minimum absolute atomic E-state index is 0.243. The number of hydrogen-bond donors (Lipinski definition) is 12. The Morgan fingerprint density at radius 2 is 0.734 bits per heavy atom. The normalized spacial score (nSPS) is 27.7. The number of rotatable bonds is 58. The molecule has 12 N–H and O–H groups in total. The molecule has 94 heavy (non-hydrogen) atoms. The maximum Gasteiger partial charge on any atom is 0.220 e. The topological polar surface area (TPSA) is 307 Å². The van der Waals surface area contributed by atoms with Crippen molar-refractivity contribution < 1.29 is 89.4 Å². The van der Waals surface area contributed by atoms with E-state index in [9.17, 15) is 61.0 Å². The summed E-state index contributed by atoms with van der Waals surface area (Å²) in [6.07, 6.45) is 43.8. The number of carbonyl (C=O) groups is 1. The van der Waals surface area contributed by atoms with Gasteiger partial charge in [-0.2, -0.15) is 0 Å². The van der Waals surface area contributed by atoms with Gasteiger partial charge in [0.15, 0.2) is 18.9 Å². The Morgan fingerprint density at radius 3 is 1.15 bits per heavy atom. The SMILES string of the molecule is CC/C=C\C/C=C\C/C=C\C/C=C\C/C=C\CCCCCCCCCCCCCCCCCCCCCCCCCCCC(=O)NC(COC1OC(CO)C(OC2OC(CO)C(OC3OC(CO)C(O)C(O)C3O)C(O)C2O)C(O)C1O)C(O)CCCCCCCCCC. The van der Waals surface area contributed by atoms with Gasteiger partial charge < -0.3 is 89.9 Å². The van der Waals surface area contributed by atoms with Gasteiger partial charge in [0.2, 0.25) is 5.91 Å². The Kier molecular flexibility index (Phi) is 51.3. The molecule has 0 aromatic heterocycles. The first-order chi connectivity index (χ1) is 45.8. The fourth-order valence-corrected chi connectivity index (χ4v) is 12.6. The maximum absolute atomic E-state index is 13.4. The van der Waals surface area contributed by atoms with Crippen molar-refractivity contribution in [1.29, 1.82) is 0 Å². The zero-order valence-corrected chi connectivity index (χ0v) is 58.2. The molecule has 19 nitrogen and oxygen atoms in total. The van der Waals surface area contributed by atoms with Gasteiger partial charge in [0.25, 0.3) is 0 Å². The van der Waals surface area contributed by atoms with Crippen molar-refractivity contribution in [3.8, 4) is 0 Å². The van der Waals surface area contributed by atoms with Crippen LogP contribution in [0.1, 0.15) is 277 Å².